The van der Waals surface area contributed by atoms with Crippen LogP contribution in [-0.4, -0.2) is 111 Å². The zero-order chi connectivity index (χ0) is 34.5. The summed E-state index contributed by atoms with van der Waals surface area (Å²) in [6.45, 7) is 8.06. The lowest BCUT2D eigenvalue weighted by atomic mass is 9.87. The highest BCUT2D eigenvalue weighted by atomic mass is 32.1. The molecule has 2 fully saturated rings. The van der Waals surface area contributed by atoms with E-state index < -0.39 is 36.4 Å². The number of nitrogens with zero attached hydrogens (tertiary/aromatic N) is 4. The summed E-state index contributed by atoms with van der Waals surface area (Å²) in [7, 11) is 0. The highest BCUT2D eigenvalue weighted by Crippen LogP contribution is 2.34. The molecule has 4 heterocycles. The number of halogens is 9. The Kier molecular flexibility index (Phi) is 15.1. The van der Waals surface area contributed by atoms with Crippen molar-refractivity contribution in [2.45, 2.75) is 38.0 Å². The summed E-state index contributed by atoms with van der Waals surface area (Å²) in [5.41, 5.74) is 1.60. The van der Waals surface area contributed by atoms with E-state index in [9.17, 15) is 39.5 Å². The minimum absolute atomic E-state index is 0.265. The number of rotatable bonds is 4. The molecule has 2 aromatic heterocycles. The van der Waals surface area contributed by atoms with Crippen molar-refractivity contribution >= 4 is 29.2 Å². The number of hydrogen-bond donors (Lipinski definition) is 3. The maximum absolute atomic E-state index is 10.6. The molecule has 0 bridgehead atoms. The number of likely N-dealkylation sites (tertiary alicyclic amines) is 1. The smallest absolute Gasteiger partial charge is 0.475 e. The molecule has 2 saturated heterocycles. The monoisotopic (exact) mass is 686 g/mol. The quantitative estimate of drug-likeness (QED) is 0.398. The molecule has 11 nitrogen and oxygen atoms in total. The molecule has 1 spiro atoms. The van der Waals surface area contributed by atoms with Crippen LogP contribution in [0.4, 0.5) is 39.5 Å². The topological polar surface area (TPSA) is 153 Å². The largest absolute Gasteiger partial charge is 0.490 e. The summed E-state index contributed by atoms with van der Waals surface area (Å²) >= 11 is 1.75. The van der Waals surface area contributed by atoms with Gasteiger partial charge in [-0.25, -0.2) is 19.4 Å². The third-order valence-corrected chi connectivity index (χ3v) is 6.53. The number of aliphatic carboxylic acids is 3. The third kappa shape index (κ3) is 15.8. The maximum atomic E-state index is 10.6. The SMILES string of the molecule is O=C(O)C(F)(F)F.O=C(O)C(F)(F)F.O=C(O)C(F)(F)F.c1cc(CN2CCOCC3(CCN(Cc4nccs4)C3)C2)ccn1. The zero-order valence-corrected chi connectivity index (χ0v) is 23.7. The lowest BCUT2D eigenvalue weighted by Gasteiger charge is -2.32. The standard InChI is InChI=1S/C18H24N4OS.3C2HF3O2/c1-4-19-5-2-16(1)11-22-8-9-23-15-18(14-22)3-7-21(13-18)12-17-20-6-10-24-17;3*3-2(4,5)1(6)7/h1-2,4-6,10H,3,7-9,11-15H2;3*(H,6,7). The van der Waals surface area contributed by atoms with Crippen molar-refractivity contribution in [3.8, 4) is 0 Å². The van der Waals surface area contributed by atoms with Gasteiger partial charge in [-0.2, -0.15) is 39.5 Å². The minimum atomic E-state index is -5.08. The van der Waals surface area contributed by atoms with Gasteiger partial charge in [0.2, 0.25) is 0 Å². The number of pyridine rings is 1. The molecule has 4 rings (SSSR count). The summed E-state index contributed by atoms with van der Waals surface area (Å²) in [5, 5.41) is 24.7. The van der Waals surface area contributed by atoms with Gasteiger partial charge in [0.1, 0.15) is 5.01 Å². The first-order chi connectivity index (χ1) is 20.6. The van der Waals surface area contributed by atoms with Crippen molar-refractivity contribution in [2.75, 3.05) is 39.4 Å². The summed E-state index contributed by atoms with van der Waals surface area (Å²) in [6, 6.07) is 4.23. The molecular formula is C24H27F9N4O7S. The van der Waals surface area contributed by atoms with E-state index in [1.807, 2.05) is 18.6 Å². The van der Waals surface area contributed by atoms with Crippen LogP contribution in [0, 0.1) is 5.41 Å². The second-order valence-corrected chi connectivity index (χ2v) is 10.4. The van der Waals surface area contributed by atoms with E-state index in [-0.39, 0.29) is 5.41 Å². The van der Waals surface area contributed by atoms with Crippen molar-refractivity contribution in [2.24, 2.45) is 5.41 Å². The van der Waals surface area contributed by atoms with Crippen LogP contribution < -0.4 is 0 Å². The molecule has 2 aliphatic heterocycles. The average molecular weight is 687 g/mol. The molecule has 0 saturated carbocycles. The number of alkyl halides is 9. The molecular weight excluding hydrogens is 659 g/mol. The lowest BCUT2D eigenvalue weighted by molar-refractivity contribution is -0.193. The van der Waals surface area contributed by atoms with Gasteiger partial charge in [0, 0.05) is 55.6 Å². The van der Waals surface area contributed by atoms with Gasteiger partial charge in [0.05, 0.1) is 19.8 Å². The number of ether oxygens (including phenoxy) is 1. The molecule has 2 aromatic rings. The van der Waals surface area contributed by atoms with E-state index in [0.29, 0.717) is 0 Å². The highest BCUT2D eigenvalue weighted by Gasteiger charge is 2.41. The molecule has 45 heavy (non-hydrogen) atoms. The second kappa shape index (κ2) is 17.2. The van der Waals surface area contributed by atoms with Gasteiger partial charge in [-0.3, -0.25) is 14.8 Å². The number of thiazole rings is 1. The molecule has 0 aromatic carbocycles. The number of carboxylic acid groups (broad SMARTS) is 3. The van der Waals surface area contributed by atoms with Crippen molar-refractivity contribution in [3.63, 3.8) is 0 Å². The van der Waals surface area contributed by atoms with Crippen LogP contribution in [0.5, 0.6) is 0 Å². The van der Waals surface area contributed by atoms with Crippen molar-refractivity contribution in [1.29, 1.82) is 0 Å². The number of hydrogen-bond acceptors (Lipinski definition) is 9. The third-order valence-electron chi connectivity index (χ3n) is 5.76. The zero-order valence-electron chi connectivity index (χ0n) is 22.9. The van der Waals surface area contributed by atoms with Gasteiger partial charge >= 0.3 is 36.4 Å². The minimum Gasteiger partial charge on any atom is -0.475 e. The van der Waals surface area contributed by atoms with Crippen molar-refractivity contribution in [1.82, 2.24) is 19.8 Å². The first-order valence-corrected chi connectivity index (χ1v) is 13.2. The van der Waals surface area contributed by atoms with Crippen LogP contribution in [0.15, 0.2) is 36.1 Å². The van der Waals surface area contributed by atoms with E-state index in [2.05, 4.69) is 37.3 Å². The van der Waals surface area contributed by atoms with E-state index in [1.165, 1.54) is 17.0 Å². The molecule has 3 N–H and O–H groups in total. The molecule has 0 amide bonds. The Morgan fingerprint density at radius 1 is 0.800 bits per heavy atom. The molecule has 1 unspecified atom stereocenters. The highest BCUT2D eigenvalue weighted by molar-refractivity contribution is 7.09. The van der Waals surface area contributed by atoms with Gasteiger partial charge in [-0.1, -0.05) is 0 Å². The molecule has 0 radical (unpaired) electrons. The molecule has 254 valence electrons. The van der Waals surface area contributed by atoms with E-state index >= 15 is 0 Å². The first kappa shape index (κ1) is 39.5. The molecule has 21 heteroatoms. The molecule has 2 aliphatic rings. The van der Waals surface area contributed by atoms with Crippen LogP contribution in [-0.2, 0) is 32.2 Å². The van der Waals surface area contributed by atoms with Crippen LogP contribution in [0.2, 0.25) is 0 Å². The Morgan fingerprint density at radius 3 is 1.69 bits per heavy atom. The van der Waals surface area contributed by atoms with Gasteiger partial charge < -0.3 is 20.1 Å². The Bertz CT molecular complexity index is 1140. The molecule has 1 atom stereocenters. The second-order valence-electron chi connectivity index (χ2n) is 9.41. The summed E-state index contributed by atoms with van der Waals surface area (Å²) in [5.74, 6) is -8.27. The Morgan fingerprint density at radius 2 is 1.27 bits per heavy atom. The van der Waals surface area contributed by atoms with Gasteiger partial charge in [0.15, 0.2) is 0 Å². The Hall–Kier alpha value is -3.56. The van der Waals surface area contributed by atoms with Gasteiger partial charge in [-0.15, -0.1) is 11.3 Å². The number of aromatic nitrogens is 2. The van der Waals surface area contributed by atoms with Crippen molar-refractivity contribution < 1.29 is 74.0 Å². The Balaban J connectivity index is 0.000000396. The number of carboxylic acids is 3. The Labute approximate surface area is 252 Å². The van der Waals surface area contributed by atoms with E-state index in [1.54, 1.807) is 11.3 Å². The van der Waals surface area contributed by atoms with Crippen LogP contribution in [0.25, 0.3) is 0 Å². The van der Waals surface area contributed by atoms with E-state index in [0.717, 1.165) is 52.5 Å². The number of carbonyl (C=O) groups is 3. The fourth-order valence-corrected chi connectivity index (χ4v) is 4.55. The maximum Gasteiger partial charge on any atom is 0.490 e. The van der Waals surface area contributed by atoms with Crippen LogP contribution in [0.3, 0.4) is 0 Å². The fourth-order valence-electron chi connectivity index (χ4n) is 3.89. The summed E-state index contributed by atoms with van der Waals surface area (Å²) in [4.78, 5) is 40.3. The normalized spacial score (nSPS) is 19.1. The average Bonchev–Trinajstić information content (AvgIpc) is 3.52. The first-order valence-electron chi connectivity index (χ1n) is 12.3. The van der Waals surface area contributed by atoms with Gasteiger partial charge in [-0.05, 0) is 30.7 Å². The fraction of sp³-hybridized carbons (Fsp3) is 0.542. The van der Waals surface area contributed by atoms with Gasteiger partial charge in [0.25, 0.3) is 0 Å². The summed E-state index contributed by atoms with van der Waals surface area (Å²) in [6.07, 6.45) is -8.38. The summed E-state index contributed by atoms with van der Waals surface area (Å²) < 4.78 is 101. The lowest BCUT2D eigenvalue weighted by Crippen LogP contribution is -2.40. The predicted octanol–water partition coefficient (Wildman–Crippen LogP) is 4.16. The van der Waals surface area contributed by atoms with Crippen molar-refractivity contribution in [3.05, 3.63) is 46.7 Å². The predicted molar refractivity (Wildman–Crippen MR) is 136 cm³/mol. The molecule has 0 aliphatic carbocycles. The van der Waals surface area contributed by atoms with Crippen LogP contribution in [0.1, 0.15) is 17.0 Å². The van der Waals surface area contributed by atoms with Crippen LogP contribution >= 0.6 is 11.3 Å². The van der Waals surface area contributed by atoms with E-state index in [4.69, 9.17) is 34.4 Å².